The fraction of sp³-hybridized carbons (Fsp3) is 0.375. The molecule has 1 saturated carbocycles. The predicted octanol–water partition coefficient (Wildman–Crippen LogP) is 4.59. The van der Waals surface area contributed by atoms with Gasteiger partial charge in [0.15, 0.2) is 0 Å². The van der Waals surface area contributed by atoms with E-state index in [2.05, 4.69) is 0 Å². The molecule has 0 bridgehead atoms. The third kappa shape index (κ3) is 3.51. The van der Waals surface area contributed by atoms with Crippen molar-refractivity contribution in [2.24, 2.45) is 0 Å². The number of imide groups is 1. The molecule has 156 valence electrons. The minimum Gasteiger partial charge on any atom is -0.335 e. The zero-order chi connectivity index (χ0) is 21.4. The number of fused-ring (bicyclic) bond motifs is 1. The zero-order valence-electron chi connectivity index (χ0n) is 17.2. The normalized spacial score (nSPS) is 17.8. The summed E-state index contributed by atoms with van der Waals surface area (Å²) in [5.74, 6) is -1.14. The molecule has 5 nitrogen and oxygen atoms in total. The van der Waals surface area contributed by atoms with Crippen molar-refractivity contribution in [3.8, 4) is 0 Å². The molecule has 0 spiro atoms. The van der Waals surface area contributed by atoms with Crippen molar-refractivity contribution in [2.75, 3.05) is 7.05 Å². The van der Waals surface area contributed by atoms with Crippen LogP contribution in [0.2, 0.25) is 0 Å². The molecule has 4 rings (SSSR count). The fourth-order valence-corrected chi connectivity index (χ4v) is 4.41. The monoisotopic (exact) mass is 408 g/mol. The molecule has 0 unspecified atom stereocenters. The van der Waals surface area contributed by atoms with E-state index in [1.165, 1.54) is 23.1 Å². The summed E-state index contributed by atoms with van der Waals surface area (Å²) in [4.78, 5) is 41.8. The van der Waals surface area contributed by atoms with E-state index < -0.39 is 0 Å². The molecule has 2 aromatic carbocycles. The van der Waals surface area contributed by atoms with Crippen LogP contribution >= 0.6 is 0 Å². The molecule has 0 saturated heterocycles. The van der Waals surface area contributed by atoms with Gasteiger partial charge >= 0.3 is 0 Å². The number of carbonyl (C=O) groups excluding carboxylic acids is 3. The minimum atomic E-state index is -0.329. The minimum absolute atomic E-state index is 0.0496. The van der Waals surface area contributed by atoms with Crippen LogP contribution in [-0.4, -0.2) is 40.6 Å². The van der Waals surface area contributed by atoms with E-state index in [1.54, 1.807) is 36.2 Å². The van der Waals surface area contributed by atoms with E-state index in [0.717, 1.165) is 37.7 Å². The summed E-state index contributed by atoms with van der Waals surface area (Å²) in [6.45, 7) is 1.86. The summed E-state index contributed by atoms with van der Waals surface area (Å²) in [6, 6.07) is 10.4. The lowest BCUT2D eigenvalue weighted by atomic mass is 9.94. The second-order valence-corrected chi connectivity index (χ2v) is 8.18. The fourth-order valence-electron chi connectivity index (χ4n) is 4.41. The average molecular weight is 408 g/mol. The van der Waals surface area contributed by atoms with Gasteiger partial charge in [0, 0.05) is 18.7 Å². The number of halogens is 1. The third-order valence-electron chi connectivity index (χ3n) is 6.36. The van der Waals surface area contributed by atoms with Gasteiger partial charge < -0.3 is 4.90 Å². The Hall–Kier alpha value is -3.02. The first kappa shape index (κ1) is 20.3. The Morgan fingerprint density at radius 2 is 1.63 bits per heavy atom. The topological polar surface area (TPSA) is 57.7 Å². The zero-order valence-corrected chi connectivity index (χ0v) is 17.2. The van der Waals surface area contributed by atoms with E-state index >= 15 is 0 Å². The van der Waals surface area contributed by atoms with Crippen molar-refractivity contribution in [1.82, 2.24) is 9.80 Å². The summed E-state index contributed by atoms with van der Waals surface area (Å²) in [5.41, 5.74) is 1.84. The number of amides is 3. The quantitative estimate of drug-likeness (QED) is 0.696. The predicted molar refractivity (Wildman–Crippen MR) is 111 cm³/mol. The number of carbonyl (C=O) groups is 3. The Morgan fingerprint density at radius 1 is 1.00 bits per heavy atom. The maximum absolute atomic E-state index is 13.2. The van der Waals surface area contributed by atoms with Gasteiger partial charge in [-0.2, -0.15) is 0 Å². The summed E-state index contributed by atoms with van der Waals surface area (Å²) < 4.78 is 13.2. The lowest BCUT2D eigenvalue weighted by molar-refractivity contribution is 0.0548. The molecule has 0 aromatic heterocycles. The van der Waals surface area contributed by atoms with Crippen molar-refractivity contribution in [1.29, 1.82) is 0 Å². The number of hydrogen-bond donors (Lipinski definition) is 0. The number of benzene rings is 2. The SMILES string of the molecule is C[C@H](c1ccc(F)cc1)N(C)C(=O)c1ccc2c(c1)C(=O)N(C1CCCCC1)C2=O. The lowest BCUT2D eigenvalue weighted by Crippen LogP contribution is -2.40. The average Bonchev–Trinajstić information content (AvgIpc) is 3.03. The van der Waals surface area contributed by atoms with Gasteiger partial charge in [0.2, 0.25) is 0 Å². The molecule has 2 aliphatic rings. The highest BCUT2D eigenvalue weighted by Gasteiger charge is 2.40. The van der Waals surface area contributed by atoms with Crippen LogP contribution in [0.3, 0.4) is 0 Å². The van der Waals surface area contributed by atoms with Gasteiger partial charge in [-0.05, 0) is 55.7 Å². The maximum Gasteiger partial charge on any atom is 0.261 e. The Bertz CT molecular complexity index is 996. The molecule has 0 N–H and O–H groups in total. The molecule has 6 heteroatoms. The van der Waals surface area contributed by atoms with Crippen molar-refractivity contribution in [2.45, 2.75) is 51.1 Å². The van der Waals surface area contributed by atoms with Crippen molar-refractivity contribution in [3.63, 3.8) is 0 Å². The second-order valence-electron chi connectivity index (χ2n) is 8.18. The molecule has 1 aliphatic heterocycles. The van der Waals surface area contributed by atoms with Gasteiger partial charge in [-0.15, -0.1) is 0 Å². The first-order valence-corrected chi connectivity index (χ1v) is 10.4. The molecule has 1 fully saturated rings. The van der Waals surface area contributed by atoms with Gasteiger partial charge in [-0.1, -0.05) is 31.4 Å². The van der Waals surface area contributed by atoms with Crippen LogP contribution < -0.4 is 0 Å². The van der Waals surface area contributed by atoms with Crippen LogP contribution in [-0.2, 0) is 0 Å². The Balaban J connectivity index is 1.56. The van der Waals surface area contributed by atoms with Crippen molar-refractivity contribution < 1.29 is 18.8 Å². The molecular weight excluding hydrogens is 383 g/mol. The second kappa shape index (κ2) is 8.01. The van der Waals surface area contributed by atoms with Crippen LogP contribution in [0.5, 0.6) is 0 Å². The van der Waals surface area contributed by atoms with Crippen LogP contribution in [0.4, 0.5) is 4.39 Å². The van der Waals surface area contributed by atoms with E-state index in [0.29, 0.717) is 16.7 Å². The molecular formula is C24H25FN2O3. The highest BCUT2D eigenvalue weighted by Crippen LogP contribution is 2.32. The number of hydrogen-bond acceptors (Lipinski definition) is 3. The maximum atomic E-state index is 13.2. The first-order chi connectivity index (χ1) is 14.4. The molecule has 30 heavy (non-hydrogen) atoms. The smallest absolute Gasteiger partial charge is 0.261 e. The first-order valence-electron chi connectivity index (χ1n) is 10.4. The molecule has 3 amide bonds. The van der Waals surface area contributed by atoms with E-state index in [4.69, 9.17) is 0 Å². The van der Waals surface area contributed by atoms with Crippen LogP contribution in [0.1, 0.15) is 81.7 Å². The Labute approximate surface area is 175 Å². The number of nitrogens with zero attached hydrogens (tertiary/aromatic N) is 2. The van der Waals surface area contributed by atoms with Gasteiger partial charge in [-0.25, -0.2) is 4.39 Å². The largest absolute Gasteiger partial charge is 0.335 e. The van der Waals surface area contributed by atoms with Crippen molar-refractivity contribution in [3.05, 3.63) is 70.5 Å². The van der Waals surface area contributed by atoms with Crippen LogP contribution in [0.15, 0.2) is 42.5 Å². The molecule has 0 radical (unpaired) electrons. The molecule has 1 atom stereocenters. The Morgan fingerprint density at radius 3 is 2.30 bits per heavy atom. The third-order valence-corrected chi connectivity index (χ3v) is 6.36. The number of rotatable bonds is 4. The van der Waals surface area contributed by atoms with Crippen LogP contribution in [0, 0.1) is 5.82 Å². The van der Waals surface area contributed by atoms with E-state index in [1.807, 2.05) is 6.92 Å². The summed E-state index contributed by atoms with van der Waals surface area (Å²) in [5, 5.41) is 0. The Kier molecular flexibility index (Phi) is 5.41. The standard InChI is InChI=1S/C24H25FN2O3/c1-15(16-8-11-18(25)12-9-16)26(2)22(28)17-10-13-20-21(14-17)24(30)27(23(20)29)19-6-4-3-5-7-19/h8-15,19H,3-7H2,1-2H3/t15-/m1/s1. The van der Waals surface area contributed by atoms with Crippen molar-refractivity contribution >= 4 is 17.7 Å². The molecule has 2 aromatic rings. The van der Waals surface area contributed by atoms with Gasteiger partial charge in [0.25, 0.3) is 17.7 Å². The van der Waals surface area contributed by atoms with E-state index in [9.17, 15) is 18.8 Å². The van der Waals surface area contributed by atoms with E-state index in [-0.39, 0.29) is 35.6 Å². The van der Waals surface area contributed by atoms with Gasteiger partial charge in [-0.3, -0.25) is 19.3 Å². The summed E-state index contributed by atoms with van der Waals surface area (Å²) in [6.07, 6.45) is 4.86. The summed E-state index contributed by atoms with van der Waals surface area (Å²) >= 11 is 0. The molecule has 1 aliphatic carbocycles. The molecule has 1 heterocycles. The summed E-state index contributed by atoms with van der Waals surface area (Å²) in [7, 11) is 1.67. The van der Waals surface area contributed by atoms with Gasteiger partial charge in [0.1, 0.15) is 5.82 Å². The van der Waals surface area contributed by atoms with Crippen LogP contribution in [0.25, 0.3) is 0 Å². The van der Waals surface area contributed by atoms with Gasteiger partial charge in [0.05, 0.1) is 17.2 Å². The lowest BCUT2D eigenvalue weighted by Gasteiger charge is -2.29. The highest BCUT2D eigenvalue weighted by molar-refractivity contribution is 6.22. The highest BCUT2D eigenvalue weighted by atomic mass is 19.1.